The number of nitrogens with zero attached hydrogens (tertiary/aromatic N) is 8. The third-order valence-corrected chi connectivity index (χ3v) is 13.2. The average Bonchev–Trinajstić information content (AvgIpc) is 3.97. The molecule has 22 heteroatoms. The van der Waals surface area contributed by atoms with Crippen LogP contribution in [0.5, 0.6) is 5.75 Å². The van der Waals surface area contributed by atoms with Gasteiger partial charge in [0.2, 0.25) is 5.91 Å². The molecule has 0 spiro atoms. The second-order valence-corrected chi connectivity index (χ2v) is 17.7. The van der Waals surface area contributed by atoms with E-state index < -0.39 is 54.8 Å². The summed E-state index contributed by atoms with van der Waals surface area (Å²) < 4.78 is 82.7. The highest BCUT2D eigenvalue weighted by Gasteiger charge is 2.40. The van der Waals surface area contributed by atoms with Crippen LogP contribution in [0.1, 0.15) is 73.3 Å². The Balaban J connectivity index is 0.000000181. The lowest BCUT2D eigenvalue weighted by molar-refractivity contribution is -0.162. The van der Waals surface area contributed by atoms with E-state index in [0.717, 1.165) is 45.0 Å². The van der Waals surface area contributed by atoms with Crippen LogP contribution in [0.4, 0.5) is 26.7 Å². The van der Waals surface area contributed by atoms with Crippen molar-refractivity contribution in [2.24, 2.45) is 0 Å². The van der Waals surface area contributed by atoms with Crippen molar-refractivity contribution in [2.45, 2.75) is 76.7 Å². The van der Waals surface area contributed by atoms with Gasteiger partial charge in [-0.25, -0.2) is 28.1 Å². The Kier molecular flexibility index (Phi) is 13.2. The summed E-state index contributed by atoms with van der Waals surface area (Å²) in [6.45, 7) is 4.17. The maximum Gasteiger partial charge on any atom is 0.406 e. The zero-order valence-electron chi connectivity index (χ0n) is 38.9. The number of carbonyl (C=O) groups is 2. The molecule has 17 nitrogen and oxygen atoms in total. The monoisotopic (exact) mass is 981 g/mol. The number of urea groups is 1. The minimum Gasteiger partial charge on any atom is -0.496 e. The molecular formula is C49H48F5N11O6. The number of imidazole rings is 2. The highest BCUT2D eigenvalue weighted by atomic mass is 19.4. The molecule has 8 heterocycles. The molecule has 71 heavy (non-hydrogen) atoms. The Hall–Kier alpha value is -7.91. The number of halogens is 5. The standard InChI is InChI=1S/C26H27F5N6O3.C23H21N5O3/c27-18-4-1-3-17(21(18)28)15-6-7-19(23(38)36(13-15)14-26(29,30)31)33-24(39)35-11-8-16(9-12-35)37-20-5-2-10-32-22(20)34-25(37)40;1-12-21(14(3)31-27-12)16-9-18-15(10-20(16)30-4)22-19(11-25-18)26-23(29)28(22)13(2)17-7-5-6-8-24-17/h1-5,10,15-16,19H,6-9,11-14H2,(H,33,39)(H,32,34,40);5-11,13H,1-4H3,(H,26,29)/t15-,19-;13-/m11/s1. The lowest BCUT2D eigenvalue weighted by Crippen LogP contribution is -2.54. The Morgan fingerprint density at radius 3 is 2.41 bits per heavy atom. The number of rotatable bonds is 8. The van der Waals surface area contributed by atoms with Gasteiger partial charge in [0.15, 0.2) is 17.3 Å². The lowest BCUT2D eigenvalue weighted by atomic mass is 9.93. The molecule has 0 bridgehead atoms. The number of benzene rings is 2. The first-order chi connectivity index (χ1) is 34.0. The Bertz CT molecular complexity index is 3380. The van der Waals surface area contributed by atoms with Gasteiger partial charge in [-0.05, 0) is 94.5 Å². The summed E-state index contributed by atoms with van der Waals surface area (Å²) in [6.07, 6.45) is 1.14. The van der Waals surface area contributed by atoms with E-state index in [-0.39, 0.29) is 55.0 Å². The first kappa shape index (κ1) is 48.1. The molecule has 0 radical (unpaired) electrons. The number of aromatic amines is 2. The topological polar surface area (TPSA) is 202 Å². The molecule has 3 N–H and O–H groups in total. The van der Waals surface area contributed by atoms with E-state index in [2.05, 4.69) is 35.4 Å². The summed E-state index contributed by atoms with van der Waals surface area (Å²) in [6, 6.07) is 14.2. The summed E-state index contributed by atoms with van der Waals surface area (Å²) in [5.74, 6) is -2.75. The fraction of sp³-hybridized carbons (Fsp3) is 0.347. The second-order valence-electron chi connectivity index (χ2n) is 17.7. The second kappa shape index (κ2) is 19.5. The number of carbonyl (C=O) groups excluding carboxylic acids is 2. The van der Waals surface area contributed by atoms with Crippen molar-refractivity contribution < 1.29 is 40.8 Å². The van der Waals surface area contributed by atoms with Gasteiger partial charge in [-0.3, -0.25) is 28.9 Å². The Labute approximate surface area is 400 Å². The molecule has 2 aromatic carbocycles. The predicted molar refractivity (Wildman–Crippen MR) is 251 cm³/mol. The molecule has 2 fully saturated rings. The van der Waals surface area contributed by atoms with Crippen molar-refractivity contribution in [3.8, 4) is 16.9 Å². The number of alkyl halides is 3. The highest BCUT2D eigenvalue weighted by molar-refractivity contribution is 6.05. The third-order valence-electron chi connectivity index (χ3n) is 13.2. The van der Waals surface area contributed by atoms with Crippen LogP contribution in [0.3, 0.4) is 0 Å². The molecule has 2 aliphatic rings. The van der Waals surface area contributed by atoms with Crippen LogP contribution in [-0.4, -0.2) is 106 Å². The van der Waals surface area contributed by atoms with Crippen molar-refractivity contribution in [1.82, 2.24) is 54.3 Å². The van der Waals surface area contributed by atoms with E-state index in [0.29, 0.717) is 45.9 Å². The Morgan fingerprint density at radius 1 is 0.930 bits per heavy atom. The van der Waals surface area contributed by atoms with Crippen LogP contribution in [0.25, 0.3) is 44.2 Å². The van der Waals surface area contributed by atoms with Crippen molar-refractivity contribution in [2.75, 3.05) is 33.3 Å². The summed E-state index contributed by atoms with van der Waals surface area (Å²) in [5.41, 5.74) is 5.94. The number of amides is 3. The van der Waals surface area contributed by atoms with Crippen LogP contribution in [0, 0.1) is 25.5 Å². The van der Waals surface area contributed by atoms with Crippen molar-refractivity contribution in [1.29, 1.82) is 0 Å². The van der Waals surface area contributed by atoms with Gasteiger partial charge in [0.1, 0.15) is 24.1 Å². The molecule has 3 atom stereocenters. The fourth-order valence-corrected chi connectivity index (χ4v) is 9.82. The molecule has 370 valence electrons. The van der Waals surface area contributed by atoms with Crippen LogP contribution in [0.2, 0.25) is 0 Å². The zero-order valence-corrected chi connectivity index (χ0v) is 38.9. The SMILES string of the molecule is COc1cc2c(cc1-c1c(C)noc1C)ncc1[nH]c(=O)n([C@H](C)c3ccccn3)c12.O=C(N[C@@H]1CC[C@@H](c2cccc(F)c2F)CN(CC(F)(F)F)C1=O)N1CCC(n2c(=O)[nH]c3ncccc32)CC1. The van der Waals surface area contributed by atoms with E-state index in [9.17, 15) is 41.1 Å². The molecule has 2 aliphatic heterocycles. The summed E-state index contributed by atoms with van der Waals surface area (Å²) in [7, 11) is 1.62. The van der Waals surface area contributed by atoms with Crippen LogP contribution in [0.15, 0.2) is 93.4 Å². The molecular weight excluding hydrogens is 934 g/mol. The van der Waals surface area contributed by atoms with Crippen molar-refractivity contribution in [3.63, 3.8) is 0 Å². The summed E-state index contributed by atoms with van der Waals surface area (Å²) in [5, 5.41) is 7.43. The number of methoxy groups -OCH3 is 1. The molecule has 10 rings (SSSR count). The van der Waals surface area contributed by atoms with Gasteiger partial charge >= 0.3 is 23.6 Å². The maximum atomic E-state index is 14.5. The number of fused-ring (bicyclic) bond motifs is 4. The van der Waals surface area contributed by atoms with Gasteiger partial charge in [0.05, 0.1) is 58.4 Å². The highest BCUT2D eigenvalue weighted by Crippen LogP contribution is 2.39. The van der Waals surface area contributed by atoms with Gasteiger partial charge in [0, 0.05) is 54.9 Å². The fourth-order valence-electron chi connectivity index (χ4n) is 9.82. The number of likely N-dealkylation sites (tertiary alicyclic amines) is 2. The van der Waals surface area contributed by atoms with E-state index in [1.54, 1.807) is 47.0 Å². The van der Waals surface area contributed by atoms with E-state index in [1.165, 1.54) is 17.0 Å². The van der Waals surface area contributed by atoms with Gasteiger partial charge in [-0.15, -0.1) is 0 Å². The van der Waals surface area contributed by atoms with Crippen molar-refractivity contribution >= 4 is 45.0 Å². The van der Waals surface area contributed by atoms with Crippen LogP contribution < -0.4 is 21.4 Å². The van der Waals surface area contributed by atoms with Gasteiger partial charge < -0.3 is 29.4 Å². The largest absolute Gasteiger partial charge is 0.496 e. The number of aromatic nitrogens is 8. The molecule has 8 aromatic rings. The molecule has 0 aliphatic carbocycles. The Morgan fingerprint density at radius 2 is 1.70 bits per heavy atom. The van der Waals surface area contributed by atoms with Crippen LogP contribution >= 0.6 is 0 Å². The number of H-pyrrole nitrogens is 2. The summed E-state index contributed by atoms with van der Waals surface area (Å²) >= 11 is 0. The van der Waals surface area contributed by atoms with E-state index >= 15 is 0 Å². The quantitative estimate of drug-likeness (QED) is 0.126. The molecule has 0 unspecified atom stereocenters. The number of hydrogen-bond acceptors (Lipinski definition) is 10. The number of piperidine rings is 1. The number of aryl methyl sites for hydroxylation is 2. The zero-order chi connectivity index (χ0) is 50.3. The molecule has 2 saturated heterocycles. The summed E-state index contributed by atoms with van der Waals surface area (Å²) in [4.78, 5) is 72.4. The first-order valence-electron chi connectivity index (χ1n) is 22.9. The number of ether oxygens (including phenoxy) is 1. The van der Waals surface area contributed by atoms with E-state index in [1.807, 2.05) is 51.1 Å². The van der Waals surface area contributed by atoms with Crippen LogP contribution in [-0.2, 0) is 4.79 Å². The van der Waals surface area contributed by atoms with Gasteiger partial charge in [-0.1, -0.05) is 23.4 Å². The normalized spacial score (nSPS) is 17.3. The predicted octanol–water partition coefficient (Wildman–Crippen LogP) is 7.85. The van der Waals surface area contributed by atoms with Crippen molar-refractivity contribution in [3.05, 3.63) is 135 Å². The maximum absolute atomic E-state index is 14.5. The first-order valence-corrected chi connectivity index (χ1v) is 22.9. The number of pyridine rings is 3. The third kappa shape index (κ3) is 9.57. The number of hydrogen-bond donors (Lipinski definition) is 3. The minimum atomic E-state index is -4.72. The molecule has 0 saturated carbocycles. The smallest absolute Gasteiger partial charge is 0.406 e. The van der Waals surface area contributed by atoms with Gasteiger partial charge in [0.25, 0.3) is 0 Å². The molecule has 3 amide bonds. The lowest BCUT2D eigenvalue weighted by Gasteiger charge is -2.34. The number of nitrogens with one attached hydrogen (secondary N) is 3. The minimum absolute atomic E-state index is 0.0479. The van der Waals surface area contributed by atoms with Gasteiger partial charge in [-0.2, -0.15) is 13.2 Å². The average molecular weight is 982 g/mol. The van der Waals surface area contributed by atoms with E-state index in [4.69, 9.17) is 9.26 Å². The molecule has 6 aromatic heterocycles.